The third kappa shape index (κ3) is 6.19. The van der Waals surface area contributed by atoms with Crippen molar-refractivity contribution in [3.05, 3.63) is 40.8 Å². The van der Waals surface area contributed by atoms with Gasteiger partial charge < -0.3 is 0 Å². The van der Waals surface area contributed by atoms with Gasteiger partial charge in [0.05, 0.1) is 5.56 Å². The lowest BCUT2D eigenvalue weighted by Gasteiger charge is -2.23. The fourth-order valence-electron chi connectivity index (χ4n) is 2.98. The highest BCUT2D eigenvalue weighted by Crippen LogP contribution is 2.38. The Morgan fingerprint density at radius 1 is 0.870 bits per heavy atom. The zero-order chi connectivity index (χ0) is 17.3. The third-order valence-corrected chi connectivity index (χ3v) is 4.31. The lowest BCUT2D eigenvalue weighted by Crippen LogP contribution is -2.14. The molecule has 0 aliphatic carbocycles. The number of hydrogen-bond donors (Lipinski definition) is 0. The molecule has 0 aromatic heterocycles. The largest absolute Gasteiger partial charge is 0.416 e. The molecule has 0 saturated heterocycles. The van der Waals surface area contributed by atoms with Crippen molar-refractivity contribution >= 4 is 0 Å². The van der Waals surface area contributed by atoms with Crippen LogP contribution < -0.4 is 0 Å². The van der Waals surface area contributed by atoms with Crippen LogP contribution in [-0.4, -0.2) is 0 Å². The Hall–Kier alpha value is -0.990. The van der Waals surface area contributed by atoms with Crippen LogP contribution in [0.2, 0.25) is 0 Å². The maximum Gasteiger partial charge on any atom is 0.416 e. The smallest absolute Gasteiger partial charge is 0.166 e. The highest BCUT2D eigenvalue weighted by Gasteiger charge is 2.34. The predicted octanol–water partition coefficient (Wildman–Crippen LogP) is 7.35. The molecule has 1 radical (unpaired) electrons. The lowest BCUT2D eigenvalue weighted by molar-refractivity contribution is -0.138. The third-order valence-electron chi connectivity index (χ3n) is 4.31. The molecule has 0 fully saturated rings. The molecule has 0 unspecified atom stereocenters. The molecule has 1 rings (SSSR count). The topological polar surface area (TPSA) is 0 Å². The first-order valence-electron chi connectivity index (χ1n) is 8.99. The van der Waals surface area contributed by atoms with Gasteiger partial charge in [-0.25, -0.2) is 0 Å². The van der Waals surface area contributed by atoms with E-state index in [9.17, 15) is 13.2 Å². The molecule has 0 spiro atoms. The maximum absolute atomic E-state index is 13.4. The van der Waals surface area contributed by atoms with Gasteiger partial charge in [0.15, 0.2) is 0 Å². The summed E-state index contributed by atoms with van der Waals surface area (Å²) in [6.45, 7) is 6.28. The zero-order valence-electron chi connectivity index (χ0n) is 14.7. The number of halogens is 3. The van der Waals surface area contributed by atoms with Crippen molar-refractivity contribution in [3.8, 4) is 0 Å². The Morgan fingerprint density at radius 3 is 1.91 bits per heavy atom. The van der Waals surface area contributed by atoms with Gasteiger partial charge in [0.25, 0.3) is 0 Å². The zero-order valence-corrected chi connectivity index (χ0v) is 14.7. The summed E-state index contributed by atoms with van der Waals surface area (Å²) in [4.78, 5) is 0. The van der Waals surface area contributed by atoms with Crippen molar-refractivity contribution < 1.29 is 13.2 Å². The van der Waals surface area contributed by atoms with Gasteiger partial charge >= 0.3 is 6.18 Å². The van der Waals surface area contributed by atoms with Crippen LogP contribution in [0.1, 0.15) is 88.8 Å². The molecule has 0 atom stereocenters. The van der Waals surface area contributed by atoms with E-state index in [1.807, 2.05) is 13.0 Å². The van der Waals surface area contributed by atoms with E-state index in [1.165, 1.54) is 12.0 Å². The van der Waals surface area contributed by atoms with Crippen LogP contribution >= 0.6 is 0 Å². The second-order valence-corrected chi connectivity index (χ2v) is 6.24. The summed E-state index contributed by atoms with van der Waals surface area (Å²) >= 11 is 0. The quantitative estimate of drug-likeness (QED) is 0.421. The number of rotatable bonds is 10. The molecular weight excluding hydrogens is 297 g/mol. The van der Waals surface area contributed by atoms with E-state index in [4.69, 9.17) is 0 Å². The number of unbranched alkanes of at least 4 members (excludes halogenated alkanes) is 3. The first kappa shape index (κ1) is 20.1. The van der Waals surface area contributed by atoms with E-state index in [0.717, 1.165) is 56.9 Å². The molecule has 3 heteroatoms. The first-order valence-corrected chi connectivity index (χ1v) is 8.99. The summed E-state index contributed by atoms with van der Waals surface area (Å²) in [7, 11) is 0. The Balaban J connectivity index is 3.22. The monoisotopic (exact) mass is 327 g/mol. The molecule has 0 aliphatic rings. The van der Waals surface area contributed by atoms with Crippen LogP contribution in [0.15, 0.2) is 18.2 Å². The molecule has 0 N–H and O–H groups in total. The Labute approximate surface area is 139 Å². The Morgan fingerprint density at radius 2 is 1.43 bits per heavy atom. The second kappa shape index (κ2) is 10.00. The molecule has 0 nitrogen and oxygen atoms in total. The Bertz CT molecular complexity index is 441. The summed E-state index contributed by atoms with van der Waals surface area (Å²) in [5.41, 5.74) is 0.952. The van der Waals surface area contributed by atoms with Crippen molar-refractivity contribution in [2.75, 3.05) is 0 Å². The summed E-state index contributed by atoms with van der Waals surface area (Å²) in [5.74, 6) is 1.21. The standard InChI is InChI=1S/C20H30F3/c1-4-7-11-16(12-8-5-2)17-14-10-15-19(20(21,22)23)18(17)13-9-6-3/h10,14-15H,4-9,11-13H2,1-3H3. The van der Waals surface area contributed by atoms with Gasteiger partial charge in [-0.1, -0.05) is 65.0 Å². The summed E-state index contributed by atoms with van der Waals surface area (Å²) in [5, 5.41) is 0. The lowest BCUT2D eigenvalue weighted by atomic mass is 9.83. The molecule has 0 amide bonds. The fourth-order valence-corrected chi connectivity index (χ4v) is 2.98. The second-order valence-electron chi connectivity index (χ2n) is 6.24. The highest BCUT2D eigenvalue weighted by molar-refractivity contribution is 5.45. The average Bonchev–Trinajstić information content (AvgIpc) is 2.52. The summed E-state index contributed by atoms with van der Waals surface area (Å²) in [6.07, 6.45) is 4.01. The van der Waals surface area contributed by atoms with E-state index in [-0.39, 0.29) is 0 Å². The molecular formula is C20H30F3. The first-order chi connectivity index (χ1) is 11.0. The highest BCUT2D eigenvalue weighted by atomic mass is 19.4. The van der Waals surface area contributed by atoms with Crippen molar-refractivity contribution in [1.82, 2.24) is 0 Å². The molecule has 1 aromatic rings. The fraction of sp³-hybridized carbons (Fsp3) is 0.650. The predicted molar refractivity (Wildman–Crippen MR) is 91.5 cm³/mol. The summed E-state index contributed by atoms with van der Waals surface area (Å²) < 4.78 is 40.2. The molecule has 0 aliphatic heterocycles. The minimum absolute atomic E-state index is 0.436. The average molecular weight is 327 g/mol. The molecule has 0 heterocycles. The molecule has 23 heavy (non-hydrogen) atoms. The molecule has 1 aromatic carbocycles. The summed E-state index contributed by atoms with van der Waals surface area (Å²) in [6, 6.07) is 4.72. The van der Waals surface area contributed by atoms with E-state index in [2.05, 4.69) is 13.8 Å². The van der Waals surface area contributed by atoms with Crippen LogP contribution in [0.3, 0.4) is 0 Å². The van der Waals surface area contributed by atoms with Crippen LogP contribution in [0.5, 0.6) is 0 Å². The van der Waals surface area contributed by atoms with Gasteiger partial charge in [-0.3, -0.25) is 0 Å². The number of alkyl halides is 3. The van der Waals surface area contributed by atoms with Gasteiger partial charge in [-0.2, -0.15) is 13.2 Å². The van der Waals surface area contributed by atoms with Crippen LogP contribution in [-0.2, 0) is 12.6 Å². The van der Waals surface area contributed by atoms with Gasteiger partial charge in [-0.15, -0.1) is 0 Å². The Kier molecular flexibility index (Phi) is 8.72. The normalized spacial score (nSPS) is 12.1. The van der Waals surface area contributed by atoms with E-state index < -0.39 is 11.7 Å². The number of benzene rings is 1. The van der Waals surface area contributed by atoms with Crippen LogP contribution in [0, 0.1) is 5.92 Å². The minimum atomic E-state index is -4.26. The van der Waals surface area contributed by atoms with Gasteiger partial charge in [-0.05, 0) is 42.9 Å². The SMILES string of the molecule is CCCC[C](CCCC)c1cccc(C(F)(F)F)c1CCCC. The van der Waals surface area contributed by atoms with Crippen molar-refractivity contribution in [3.63, 3.8) is 0 Å². The van der Waals surface area contributed by atoms with E-state index in [1.54, 1.807) is 6.07 Å². The molecule has 0 bridgehead atoms. The number of hydrogen-bond acceptors (Lipinski definition) is 0. The molecule has 0 saturated carbocycles. The van der Waals surface area contributed by atoms with E-state index >= 15 is 0 Å². The van der Waals surface area contributed by atoms with Crippen LogP contribution in [0.25, 0.3) is 0 Å². The molecule has 131 valence electrons. The van der Waals surface area contributed by atoms with E-state index in [0.29, 0.717) is 12.0 Å². The van der Waals surface area contributed by atoms with Crippen molar-refractivity contribution in [2.24, 2.45) is 0 Å². The van der Waals surface area contributed by atoms with Gasteiger partial charge in [0.1, 0.15) is 0 Å². The van der Waals surface area contributed by atoms with Crippen molar-refractivity contribution in [1.29, 1.82) is 0 Å². The maximum atomic E-state index is 13.4. The van der Waals surface area contributed by atoms with Gasteiger partial charge in [0, 0.05) is 5.92 Å². The van der Waals surface area contributed by atoms with Crippen LogP contribution in [0.4, 0.5) is 13.2 Å². The van der Waals surface area contributed by atoms with Gasteiger partial charge in [0.2, 0.25) is 0 Å². The van der Waals surface area contributed by atoms with Crippen molar-refractivity contribution in [2.45, 2.75) is 84.7 Å². The minimum Gasteiger partial charge on any atom is -0.166 e.